The Labute approximate surface area is 526 Å². The van der Waals surface area contributed by atoms with E-state index in [0.717, 1.165) is 60.4 Å². The highest BCUT2D eigenvalue weighted by molar-refractivity contribution is 5.69. The van der Waals surface area contributed by atoms with Gasteiger partial charge in [-0.1, -0.05) is 34.7 Å². The first-order valence-corrected chi connectivity index (χ1v) is 30.8. The molecule has 23 nitrogen and oxygen atoms in total. The monoisotopic (exact) mass is 1240 g/mol. The summed E-state index contributed by atoms with van der Waals surface area (Å²) in [5.41, 5.74) is 10.8. The number of benzene rings is 4. The van der Waals surface area contributed by atoms with E-state index in [0.29, 0.717) is 119 Å². The maximum absolute atomic E-state index is 13.8. The quantitative estimate of drug-likeness (QED) is 0.0693. The number of aldehydes is 1. The molecule has 4 fully saturated rings. The number of piperazine rings is 2. The molecule has 25 heteroatoms. The van der Waals surface area contributed by atoms with Crippen molar-refractivity contribution in [3.05, 3.63) is 189 Å². The Kier molecular flexibility index (Phi) is 20.2. The first kappa shape index (κ1) is 64.5. The minimum atomic E-state index is -0.572. The molecule has 0 radical (unpaired) electrons. The number of aromatic nitrogens is 10. The molecule has 0 spiro atoms. The van der Waals surface area contributed by atoms with Gasteiger partial charge in [0.15, 0.2) is 11.6 Å². The second kappa shape index (κ2) is 28.6. The number of anilines is 2. The van der Waals surface area contributed by atoms with Crippen molar-refractivity contribution in [2.75, 3.05) is 68.7 Å². The van der Waals surface area contributed by atoms with Gasteiger partial charge in [0.25, 0.3) is 11.1 Å². The lowest BCUT2D eigenvalue weighted by molar-refractivity contribution is -0.107. The molecule has 2 saturated carbocycles. The summed E-state index contributed by atoms with van der Waals surface area (Å²) < 4.78 is 43.2. The lowest BCUT2D eigenvalue weighted by Gasteiger charge is -2.36. The number of nitrogens with zero attached hydrogens (tertiary/aromatic N) is 14. The summed E-state index contributed by atoms with van der Waals surface area (Å²) >= 11 is 0. The van der Waals surface area contributed by atoms with Crippen LogP contribution in [0.15, 0.2) is 144 Å². The maximum atomic E-state index is 13.8. The van der Waals surface area contributed by atoms with Gasteiger partial charge in [-0.25, -0.2) is 37.7 Å². The predicted molar refractivity (Wildman–Crippen MR) is 340 cm³/mol. The number of halogens is 2. The number of ether oxygens (including phenoxy) is 2. The van der Waals surface area contributed by atoms with Crippen LogP contribution in [0.5, 0.6) is 0 Å². The first-order chi connectivity index (χ1) is 43.7. The Hall–Kier alpha value is -9.49. The molecule has 2 amide bonds. The third-order valence-electron chi connectivity index (χ3n) is 15.7. The average molecular weight is 1250 g/mol. The highest BCUT2D eigenvalue weighted by Gasteiger charge is 2.38. The molecule has 4 aromatic carbocycles. The molecule has 91 heavy (non-hydrogen) atoms. The van der Waals surface area contributed by atoms with Crippen LogP contribution in [0.2, 0.25) is 0 Å². The van der Waals surface area contributed by atoms with Crippen LogP contribution in [0.25, 0.3) is 22.7 Å². The SMILES string of the molecule is CC(C)(C)OC(=O)N1CCN(c2nc(CCC=O)cn(-c3ccc(-n4ccnn4)cc3)c2=O)CC1.CC(C)(C)OC(=O)N1CCN(c2nc(CCCN[C@@H]3C[C@H]3c3ccc(F)cc3)cn(-c3ccc(-n4ccnn4)cc3)c2=O)CC1.N[C@@H]1C[C@H]1c1ccc(F)cc1. The highest BCUT2D eigenvalue weighted by atomic mass is 19.1. The number of nitrogens with one attached hydrogen (secondary N) is 1. The molecule has 0 bridgehead atoms. The molecular formula is C66H78F2N16O7. The van der Waals surface area contributed by atoms with E-state index in [-0.39, 0.29) is 34.9 Å². The molecule has 8 aromatic rings. The van der Waals surface area contributed by atoms with Gasteiger partial charge in [0.2, 0.25) is 0 Å². The topological polar surface area (TPSA) is 252 Å². The average Bonchev–Trinajstić information content (AvgIpc) is 1.36. The number of carbonyl (C=O) groups excluding carboxylic acids is 3. The second-order valence-corrected chi connectivity index (χ2v) is 24.9. The van der Waals surface area contributed by atoms with Gasteiger partial charge in [0, 0.05) is 106 Å². The van der Waals surface area contributed by atoms with E-state index in [1.807, 2.05) is 130 Å². The number of aryl methyl sites for hydroxylation is 2. The number of amides is 2. The standard InChI is InChI=1S/C33H39FN8O3.C24H29N7O4.C9H10FN/c1-33(2,3)45-32(44)40-19-17-39(18-20-40)30-31(43)41(26-10-12-27(13-11-26)42-16-15-36-38-42)22-25(37-30)5-4-14-35-29-21-28(29)23-6-8-24(34)9-7-23;1-24(2,3)35-23(34)29-14-12-28(13-15-29)21-22(33)30(17-18(26-21)5-4-16-32)19-6-8-20(9-7-19)31-11-10-25-27-31;10-7-3-1-6(2-4-7)8-5-9(8)11/h6-13,15-16,22,28-29,35H,4-5,14,17-21H2,1-3H3;6-11,16-17H,4-5,12-15H2,1-3H3;1-4,8-9H,5,11H2/t28-,29+;;8-,9+/m0.0/s1. The van der Waals surface area contributed by atoms with Gasteiger partial charge in [0.1, 0.15) is 29.1 Å². The van der Waals surface area contributed by atoms with Crippen LogP contribution in [0.1, 0.15) is 102 Å². The fraction of sp³-hybridized carbons (Fsp3) is 0.409. The van der Waals surface area contributed by atoms with Crippen LogP contribution in [-0.2, 0) is 27.1 Å². The summed E-state index contributed by atoms with van der Waals surface area (Å²) in [6.45, 7) is 15.4. The zero-order valence-corrected chi connectivity index (χ0v) is 52.1. The Balaban J connectivity index is 0.000000174. The minimum absolute atomic E-state index is 0.178. The molecule has 478 valence electrons. The molecule has 4 aliphatic rings. The van der Waals surface area contributed by atoms with Crippen molar-refractivity contribution in [2.45, 2.75) is 115 Å². The van der Waals surface area contributed by atoms with Crippen LogP contribution in [-0.4, -0.2) is 160 Å². The largest absolute Gasteiger partial charge is 0.444 e. The summed E-state index contributed by atoms with van der Waals surface area (Å²) in [6.07, 6.45) is 14.7. The number of carbonyl (C=O) groups is 3. The molecule has 12 rings (SSSR count). The number of nitrogens with two attached hydrogens (primary N) is 1. The van der Waals surface area contributed by atoms with Crippen molar-refractivity contribution >= 4 is 30.1 Å². The zero-order chi connectivity index (χ0) is 64.4. The van der Waals surface area contributed by atoms with Gasteiger partial charge in [-0.15, -0.1) is 10.2 Å². The molecule has 6 heterocycles. The van der Waals surface area contributed by atoms with Crippen molar-refractivity contribution in [2.24, 2.45) is 5.73 Å². The Morgan fingerprint density at radius 1 is 0.582 bits per heavy atom. The van der Waals surface area contributed by atoms with Crippen LogP contribution in [0.3, 0.4) is 0 Å². The number of rotatable bonds is 16. The summed E-state index contributed by atoms with van der Waals surface area (Å²) in [7, 11) is 0. The Morgan fingerprint density at radius 3 is 1.37 bits per heavy atom. The molecule has 4 atom stereocenters. The van der Waals surface area contributed by atoms with Gasteiger partial charge in [-0.3, -0.25) is 18.7 Å². The molecule has 0 unspecified atom stereocenters. The van der Waals surface area contributed by atoms with E-state index >= 15 is 0 Å². The molecule has 2 saturated heterocycles. The van der Waals surface area contributed by atoms with Crippen LogP contribution < -0.4 is 32.0 Å². The fourth-order valence-electron chi connectivity index (χ4n) is 10.7. The van der Waals surface area contributed by atoms with E-state index in [2.05, 4.69) is 30.9 Å². The van der Waals surface area contributed by atoms with Gasteiger partial charge >= 0.3 is 12.2 Å². The zero-order valence-electron chi connectivity index (χ0n) is 52.1. The minimum Gasteiger partial charge on any atom is -0.444 e. The van der Waals surface area contributed by atoms with Crippen LogP contribution in [0, 0.1) is 11.6 Å². The van der Waals surface area contributed by atoms with Crippen LogP contribution in [0.4, 0.5) is 30.0 Å². The van der Waals surface area contributed by atoms with Crippen LogP contribution >= 0.6 is 0 Å². The third-order valence-corrected chi connectivity index (χ3v) is 15.7. The summed E-state index contributed by atoms with van der Waals surface area (Å²) in [6, 6.07) is 29.0. The molecule has 4 aromatic heterocycles. The van der Waals surface area contributed by atoms with Gasteiger partial charge in [0.05, 0.1) is 47.6 Å². The number of hydrogen-bond donors (Lipinski definition) is 2. The Bertz CT molecular complexity index is 3840. The molecule has 2 aliphatic heterocycles. The Morgan fingerprint density at radius 2 is 0.989 bits per heavy atom. The second-order valence-electron chi connectivity index (χ2n) is 24.9. The van der Waals surface area contributed by atoms with E-state index in [9.17, 15) is 32.8 Å². The van der Waals surface area contributed by atoms with E-state index in [1.165, 1.54) is 29.8 Å². The number of hydrogen-bond acceptors (Lipinski definition) is 17. The first-order valence-electron chi connectivity index (χ1n) is 30.8. The maximum Gasteiger partial charge on any atom is 0.410 e. The summed E-state index contributed by atoms with van der Waals surface area (Å²) in [4.78, 5) is 79.9. The van der Waals surface area contributed by atoms with Crippen molar-refractivity contribution in [1.29, 1.82) is 0 Å². The third kappa shape index (κ3) is 17.3. The lowest BCUT2D eigenvalue weighted by Crippen LogP contribution is -2.51. The van der Waals surface area contributed by atoms with Gasteiger partial charge < -0.3 is 44.9 Å². The highest BCUT2D eigenvalue weighted by Crippen LogP contribution is 2.41. The van der Waals surface area contributed by atoms with Crippen molar-refractivity contribution in [3.63, 3.8) is 0 Å². The fourth-order valence-corrected chi connectivity index (χ4v) is 10.7. The summed E-state index contributed by atoms with van der Waals surface area (Å²) in [5.74, 6) is 1.18. The molecule has 2 aliphatic carbocycles. The van der Waals surface area contributed by atoms with Crippen molar-refractivity contribution in [1.82, 2.24) is 64.2 Å². The van der Waals surface area contributed by atoms with E-state index in [4.69, 9.17) is 20.2 Å². The van der Waals surface area contributed by atoms with E-state index < -0.39 is 11.2 Å². The van der Waals surface area contributed by atoms with Crippen molar-refractivity contribution < 1.29 is 32.6 Å². The van der Waals surface area contributed by atoms with E-state index in [1.54, 1.807) is 59.3 Å². The molecular weight excluding hydrogens is 1170 g/mol. The normalized spacial score (nSPS) is 17.9. The molecule has 3 N–H and O–H groups in total. The predicted octanol–water partition coefficient (Wildman–Crippen LogP) is 7.73. The van der Waals surface area contributed by atoms with Gasteiger partial charge in [-0.2, -0.15) is 0 Å². The lowest BCUT2D eigenvalue weighted by atomic mass is 10.1. The smallest absolute Gasteiger partial charge is 0.410 e. The summed E-state index contributed by atoms with van der Waals surface area (Å²) in [5, 5.41) is 19.3. The van der Waals surface area contributed by atoms with Crippen molar-refractivity contribution in [3.8, 4) is 22.7 Å². The van der Waals surface area contributed by atoms with Gasteiger partial charge in [-0.05, 0) is 164 Å².